The molecule has 1 heterocycles. The van der Waals surface area contributed by atoms with Crippen LogP contribution in [0.1, 0.15) is 0 Å². The van der Waals surface area contributed by atoms with Gasteiger partial charge in [-0.15, -0.1) is 0 Å². The maximum absolute atomic E-state index is 11.9. The molecule has 0 saturated carbocycles. The number of urea groups is 1. The summed E-state index contributed by atoms with van der Waals surface area (Å²) in [5.41, 5.74) is 1.14. The van der Waals surface area contributed by atoms with Crippen molar-refractivity contribution in [2.45, 2.75) is 0 Å². The fraction of sp³-hybridized carbons (Fsp3) is 0.125. The molecule has 0 spiro atoms. The number of carbonyl (C=O) groups excluding carboxylic acids is 2. The van der Waals surface area contributed by atoms with Crippen LogP contribution in [0, 0.1) is 0 Å². The summed E-state index contributed by atoms with van der Waals surface area (Å²) in [7, 11) is 0. The van der Waals surface area contributed by atoms with E-state index in [9.17, 15) is 9.59 Å². The smallest absolute Gasteiger partial charge is 0.319 e. The normalized spacial score (nSPS) is 11.7. The van der Waals surface area contributed by atoms with E-state index >= 15 is 0 Å². The molecule has 124 valence electrons. The Labute approximate surface area is 142 Å². The van der Waals surface area contributed by atoms with Gasteiger partial charge in [0.2, 0.25) is 12.7 Å². The first-order valence-electron chi connectivity index (χ1n) is 7.10. The predicted molar refractivity (Wildman–Crippen MR) is 89.7 cm³/mol. The van der Waals surface area contributed by atoms with Gasteiger partial charge >= 0.3 is 6.03 Å². The van der Waals surface area contributed by atoms with Gasteiger partial charge in [-0.05, 0) is 36.4 Å². The average molecular weight is 348 g/mol. The number of hydrogen-bond donors (Lipinski definition) is 3. The molecule has 0 fully saturated rings. The molecular weight excluding hydrogens is 334 g/mol. The summed E-state index contributed by atoms with van der Waals surface area (Å²) >= 11 is 5.77. The summed E-state index contributed by atoms with van der Waals surface area (Å²) in [5, 5.41) is 8.30. The molecular formula is C16H14ClN3O4. The second-order valence-corrected chi connectivity index (χ2v) is 5.37. The summed E-state index contributed by atoms with van der Waals surface area (Å²) < 4.78 is 10.4. The molecule has 2 aromatic carbocycles. The third kappa shape index (κ3) is 4.08. The quantitative estimate of drug-likeness (QED) is 0.793. The van der Waals surface area contributed by atoms with Crippen molar-refractivity contribution in [2.24, 2.45) is 0 Å². The number of halogens is 1. The molecule has 8 heteroatoms. The average Bonchev–Trinajstić information content (AvgIpc) is 3.03. The lowest BCUT2D eigenvalue weighted by atomic mass is 10.3. The summed E-state index contributed by atoms with van der Waals surface area (Å²) in [6, 6.07) is 11.2. The van der Waals surface area contributed by atoms with Gasteiger partial charge < -0.3 is 25.4 Å². The van der Waals surface area contributed by atoms with E-state index in [2.05, 4.69) is 16.0 Å². The summed E-state index contributed by atoms with van der Waals surface area (Å²) in [6.45, 7) is -0.00692. The lowest BCUT2D eigenvalue weighted by Crippen LogP contribution is -2.35. The maximum Gasteiger partial charge on any atom is 0.319 e. The topological polar surface area (TPSA) is 88.7 Å². The number of carbonyl (C=O) groups is 2. The van der Waals surface area contributed by atoms with Crippen molar-refractivity contribution in [3.8, 4) is 11.5 Å². The lowest BCUT2D eigenvalue weighted by molar-refractivity contribution is -0.115. The molecule has 0 saturated heterocycles. The minimum Gasteiger partial charge on any atom is -0.454 e. The Hall–Kier alpha value is -2.93. The van der Waals surface area contributed by atoms with Crippen molar-refractivity contribution in [3.63, 3.8) is 0 Å². The number of amides is 3. The molecule has 0 atom stereocenters. The molecule has 24 heavy (non-hydrogen) atoms. The molecule has 0 radical (unpaired) electrons. The van der Waals surface area contributed by atoms with Gasteiger partial charge in [0, 0.05) is 22.5 Å². The van der Waals surface area contributed by atoms with Gasteiger partial charge in [-0.25, -0.2) is 4.79 Å². The number of nitrogens with one attached hydrogen (secondary N) is 3. The fourth-order valence-corrected chi connectivity index (χ4v) is 2.17. The molecule has 0 aliphatic carbocycles. The highest BCUT2D eigenvalue weighted by Crippen LogP contribution is 2.34. The minimum atomic E-state index is -0.488. The van der Waals surface area contributed by atoms with Gasteiger partial charge in [0.15, 0.2) is 11.5 Å². The van der Waals surface area contributed by atoms with Crippen molar-refractivity contribution in [2.75, 3.05) is 24.0 Å². The van der Waals surface area contributed by atoms with Crippen molar-refractivity contribution >= 4 is 34.9 Å². The number of hydrogen-bond acceptors (Lipinski definition) is 4. The van der Waals surface area contributed by atoms with E-state index < -0.39 is 6.03 Å². The minimum absolute atomic E-state index is 0.166. The van der Waals surface area contributed by atoms with E-state index in [4.69, 9.17) is 21.1 Å². The number of benzene rings is 2. The summed E-state index contributed by atoms with van der Waals surface area (Å²) in [4.78, 5) is 23.6. The van der Waals surface area contributed by atoms with Gasteiger partial charge in [0.05, 0.1) is 6.54 Å². The molecule has 0 unspecified atom stereocenters. The number of ether oxygens (including phenoxy) is 2. The van der Waals surface area contributed by atoms with E-state index in [1.54, 1.807) is 42.5 Å². The van der Waals surface area contributed by atoms with Gasteiger partial charge in [-0.2, -0.15) is 0 Å². The Bertz CT molecular complexity index is 764. The van der Waals surface area contributed by atoms with E-state index in [1.165, 1.54) is 0 Å². The molecule has 7 nitrogen and oxygen atoms in total. The van der Waals surface area contributed by atoms with Crippen molar-refractivity contribution in [1.29, 1.82) is 0 Å². The van der Waals surface area contributed by atoms with Crippen LogP contribution in [-0.4, -0.2) is 25.3 Å². The van der Waals surface area contributed by atoms with E-state index in [0.29, 0.717) is 27.9 Å². The van der Waals surface area contributed by atoms with Gasteiger partial charge in [-0.3, -0.25) is 4.79 Å². The summed E-state index contributed by atoms with van der Waals surface area (Å²) in [6.07, 6.45) is 0. The Kier molecular flexibility index (Phi) is 4.72. The Morgan fingerprint density at radius 3 is 2.46 bits per heavy atom. The second-order valence-electron chi connectivity index (χ2n) is 4.93. The van der Waals surface area contributed by atoms with Crippen LogP contribution in [0.2, 0.25) is 5.02 Å². The molecule has 3 N–H and O–H groups in total. The first-order valence-corrected chi connectivity index (χ1v) is 7.48. The molecule has 1 aliphatic rings. The molecule has 0 bridgehead atoms. The van der Waals surface area contributed by atoms with Gasteiger partial charge in [-0.1, -0.05) is 11.6 Å². The van der Waals surface area contributed by atoms with Crippen LogP contribution in [0.25, 0.3) is 0 Å². The zero-order valence-electron chi connectivity index (χ0n) is 12.5. The maximum atomic E-state index is 11.9. The van der Waals surface area contributed by atoms with Crippen LogP contribution < -0.4 is 25.4 Å². The first kappa shape index (κ1) is 15.9. The zero-order valence-corrected chi connectivity index (χ0v) is 13.2. The van der Waals surface area contributed by atoms with E-state index in [1.807, 2.05) is 0 Å². The lowest BCUT2D eigenvalue weighted by Gasteiger charge is -2.09. The molecule has 3 rings (SSSR count). The third-order valence-electron chi connectivity index (χ3n) is 3.17. The highest BCUT2D eigenvalue weighted by molar-refractivity contribution is 6.30. The largest absolute Gasteiger partial charge is 0.454 e. The molecule has 0 aromatic heterocycles. The van der Waals surface area contributed by atoms with Gasteiger partial charge in [0.25, 0.3) is 0 Å². The van der Waals surface area contributed by atoms with E-state index in [0.717, 1.165) is 0 Å². The summed E-state index contributed by atoms with van der Waals surface area (Å²) in [5.74, 6) is 0.842. The highest BCUT2D eigenvalue weighted by Gasteiger charge is 2.14. The van der Waals surface area contributed by atoms with Crippen LogP contribution in [0.4, 0.5) is 16.2 Å². The van der Waals surface area contributed by atoms with Crippen LogP contribution in [0.3, 0.4) is 0 Å². The highest BCUT2D eigenvalue weighted by atomic mass is 35.5. The zero-order chi connectivity index (χ0) is 16.9. The van der Waals surface area contributed by atoms with Crippen LogP contribution in [0.15, 0.2) is 42.5 Å². The fourth-order valence-electron chi connectivity index (χ4n) is 2.05. The van der Waals surface area contributed by atoms with Crippen molar-refractivity contribution in [3.05, 3.63) is 47.5 Å². The van der Waals surface area contributed by atoms with Crippen molar-refractivity contribution in [1.82, 2.24) is 5.32 Å². The van der Waals surface area contributed by atoms with Crippen LogP contribution >= 0.6 is 11.6 Å². The Morgan fingerprint density at radius 2 is 1.67 bits per heavy atom. The van der Waals surface area contributed by atoms with Gasteiger partial charge in [0.1, 0.15) is 0 Å². The standard InChI is InChI=1S/C16H14ClN3O4/c17-10-1-3-11(4-2-10)20-16(22)18-8-15(21)19-12-5-6-13-14(7-12)24-9-23-13/h1-7H,8-9H2,(H,19,21)(H2,18,20,22). The van der Waals surface area contributed by atoms with Crippen molar-refractivity contribution < 1.29 is 19.1 Å². The number of fused-ring (bicyclic) bond motifs is 1. The van der Waals surface area contributed by atoms with Crippen LogP contribution in [0.5, 0.6) is 11.5 Å². The number of anilines is 2. The van der Waals surface area contributed by atoms with Crippen LogP contribution in [-0.2, 0) is 4.79 Å². The Morgan fingerprint density at radius 1 is 0.958 bits per heavy atom. The Balaban J connectivity index is 1.46. The number of rotatable bonds is 4. The monoisotopic (exact) mass is 347 g/mol. The predicted octanol–water partition coefficient (Wildman–Crippen LogP) is 2.83. The third-order valence-corrected chi connectivity index (χ3v) is 3.42. The van der Waals surface area contributed by atoms with E-state index in [-0.39, 0.29) is 19.2 Å². The second kappa shape index (κ2) is 7.10. The molecule has 3 amide bonds. The molecule has 1 aliphatic heterocycles. The first-order chi connectivity index (χ1) is 11.6. The molecule has 2 aromatic rings. The SMILES string of the molecule is O=C(CNC(=O)Nc1ccc(Cl)cc1)Nc1ccc2c(c1)OCO2.